The van der Waals surface area contributed by atoms with Crippen molar-refractivity contribution in [3.05, 3.63) is 28.8 Å². The van der Waals surface area contributed by atoms with Crippen LogP contribution >= 0.6 is 0 Å². The van der Waals surface area contributed by atoms with E-state index < -0.39 is 0 Å². The fourth-order valence-corrected chi connectivity index (χ4v) is 1.98. The monoisotopic (exact) mass is 262 g/mol. The summed E-state index contributed by atoms with van der Waals surface area (Å²) in [5.74, 6) is 1.22. The summed E-state index contributed by atoms with van der Waals surface area (Å²) in [5, 5.41) is 7.52. The first-order chi connectivity index (χ1) is 8.74. The van der Waals surface area contributed by atoms with Gasteiger partial charge in [0.15, 0.2) is 0 Å². The largest absolute Gasteiger partial charge is 0.493 e. The van der Waals surface area contributed by atoms with Gasteiger partial charge in [-0.05, 0) is 56.4 Å². The molecule has 0 atom stereocenters. The Hall–Kier alpha value is -1.51. The first-order valence-corrected chi connectivity index (χ1v) is 6.79. The topological polar surface area (TPSA) is 59.1 Å². The molecule has 0 fully saturated rings. The third-order valence-electron chi connectivity index (χ3n) is 3.70. The van der Waals surface area contributed by atoms with Crippen molar-refractivity contribution < 1.29 is 4.74 Å². The van der Waals surface area contributed by atoms with E-state index in [1.54, 1.807) is 0 Å². The Balaban J connectivity index is 2.53. The van der Waals surface area contributed by atoms with Crippen molar-refractivity contribution in [3.63, 3.8) is 0 Å². The SMILES string of the molecule is Cc1cc(C)c(C)c(OCCCC(C)(C)C(=N)N)c1. The fraction of sp³-hybridized carbons (Fsp3) is 0.562. The summed E-state index contributed by atoms with van der Waals surface area (Å²) in [6.07, 6.45) is 1.77. The Morgan fingerprint density at radius 2 is 1.89 bits per heavy atom. The predicted molar refractivity (Wildman–Crippen MR) is 81.1 cm³/mol. The van der Waals surface area contributed by atoms with Gasteiger partial charge in [-0.15, -0.1) is 0 Å². The molecular formula is C16H26N2O. The molecule has 0 unspecified atom stereocenters. The normalized spacial score (nSPS) is 11.4. The number of hydrogen-bond donors (Lipinski definition) is 2. The van der Waals surface area contributed by atoms with E-state index in [-0.39, 0.29) is 11.3 Å². The molecule has 0 radical (unpaired) electrons. The van der Waals surface area contributed by atoms with Gasteiger partial charge in [-0.25, -0.2) is 0 Å². The summed E-state index contributed by atoms with van der Waals surface area (Å²) < 4.78 is 5.86. The molecule has 106 valence electrons. The fourth-order valence-electron chi connectivity index (χ4n) is 1.98. The van der Waals surface area contributed by atoms with Gasteiger partial charge in [0.05, 0.1) is 12.4 Å². The maximum Gasteiger partial charge on any atom is 0.122 e. The lowest BCUT2D eigenvalue weighted by atomic mass is 9.87. The maximum atomic E-state index is 7.52. The molecule has 1 rings (SSSR count). The number of nitrogens with two attached hydrogens (primary N) is 1. The number of hydrogen-bond acceptors (Lipinski definition) is 2. The minimum Gasteiger partial charge on any atom is -0.493 e. The van der Waals surface area contributed by atoms with Crippen LogP contribution < -0.4 is 10.5 Å². The van der Waals surface area contributed by atoms with E-state index >= 15 is 0 Å². The third-order valence-corrected chi connectivity index (χ3v) is 3.70. The molecule has 0 saturated heterocycles. The van der Waals surface area contributed by atoms with Gasteiger partial charge >= 0.3 is 0 Å². The lowest BCUT2D eigenvalue weighted by Crippen LogP contribution is -2.31. The van der Waals surface area contributed by atoms with E-state index in [2.05, 4.69) is 32.9 Å². The van der Waals surface area contributed by atoms with Crippen molar-refractivity contribution in [2.45, 2.75) is 47.5 Å². The van der Waals surface area contributed by atoms with E-state index in [0.29, 0.717) is 6.61 Å². The number of benzene rings is 1. The maximum absolute atomic E-state index is 7.52. The molecule has 3 N–H and O–H groups in total. The minimum absolute atomic E-state index is 0.235. The average Bonchev–Trinajstić information content (AvgIpc) is 2.30. The van der Waals surface area contributed by atoms with Crippen LogP contribution in [0.4, 0.5) is 0 Å². The number of nitrogens with one attached hydrogen (secondary N) is 1. The van der Waals surface area contributed by atoms with Crippen LogP contribution in [0.1, 0.15) is 43.4 Å². The van der Waals surface area contributed by atoms with E-state index in [1.807, 2.05) is 13.8 Å². The summed E-state index contributed by atoms with van der Waals surface area (Å²) in [7, 11) is 0. The number of amidine groups is 1. The standard InChI is InChI=1S/C16H26N2O/c1-11-9-12(2)13(3)14(10-11)19-8-6-7-16(4,5)15(17)18/h9-10H,6-8H2,1-5H3,(H3,17,18). The van der Waals surface area contributed by atoms with Crippen LogP contribution in [0.25, 0.3) is 0 Å². The summed E-state index contributed by atoms with van der Waals surface area (Å²) in [6, 6.07) is 4.25. The molecule has 3 heteroatoms. The van der Waals surface area contributed by atoms with Crippen molar-refractivity contribution in [1.29, 1.82) is 5.41 Å². The highest BCUT2D eigenvalue weighted by molar-refractivity contribution is 5.82. The molecule has 3 nitrogen and oxygen atoms in total. The van der Waals surface area contributed by atoms with Gasteiger partial charge in [-0.2, -0.15) is 0 Å². The molecule has 0 aromatic heterocycles. The van der Waals surface area contributed by atoms with Crippen molar-refractivity contribution in [1.82, 2.24) is 0 Å². The zero-order valence-corrected chi connectivity index (χ0v) is 12.8. The molecule has 0 aliphatic heterocycles. The highest BCUT2D eigenvalue weighted by atomic mass is 16.5. The van der Waals surface area contributed by atoms with Crippen LogP contribution in [0.5, 0.6) is 5.75 Å². The van der Waals surface area contributed by atoms with E-state index in [4.69, 9.17) is 15.9 Å². The van der Waals surface area contributed by atoms with Gasteiger partial charge in [0.25, 0.3) is 0 Å². The van der Waals surface area contributed by atoms with Crippen LogP contribution in [0.3, 0.4) is 0 Å². The Kier molecular flexibility index (Phi) is 4.98. The molecular weight excluding hydrogens is 236 g/mol. The van der Waals surface area contributed by atoms with Crippen LogP contribution in [0.2, 0.25) is 0 Å². The highest BCUT2D eigenvalue weighted by Crippen LogP contribution is 2.25. The molecule has 0 bridgehead atoms. The van der Waals surface area contributed by atoms with Crippen molar-refractivity contribution in [3.8, 4) is 5.75 Å². The van der Waals surface area contributed by atoms with E-state index in [0.717, 1.165) is 18.6 Å². The zero-order valence-electron chi connectivity index (χ0n) is 12.8. The summed E-state index contributed by atoms with van der Waals surface area (Å²) in [6.45, 7) is 10.9. The van der Waals surface area contributed by atoms with Gasteiger partial charge in [0.2, 0.25) is 0 Å². The van der Waals surface area contributed by atoms with Crippen molar-refractivity contribution in [2.75, 3.05) is 6.61 Å². The minimum atomic E-state index is -0.235. The van der Waals surface area contributed by atoms with E-state index in [1.165, 1.54) is 16.7 Å². The molecule has 0 aliphatic rings. The van der Waals surface area contributed by atoms with Gasteiger partial charge in [-0.3, -0.25) is 5.41 Å². The number of rotatable bonds is 6. The molecule has 1 aromatic rings. The molecule has 0 saturated carbocycles. The average molecular weight is 262 g/mol. The Morgan fingerprint density at radius 1 is 1.26 bits per heavy atom. The van der Waals surface area contributed by atoms with Gasteiger partial charge in [-0.1, -0.05) is 19.9 Å². The van der Waals surface area contributed by atoms with Crippen molar-refractivity contribution >= 4 is 5.84 Å². The Bertz CT molecular complexity index is 464. The van der Waals surface area contributed by atoms with Gasteiger partial charge < -0.3 is 10.5 Å². The second-order valence-electron chi connectivity index (χ2n) is 5.95. The molecule has 1 aromatic carbocycles. The summed E-state index contributed by atoms with van der Waals surface area (Å²) >= 11 is 0. The Labute approximate surface area is 116 Å². The Morgan fingerprint density at radius 3 is 2.47 bits per heavy atom. The second kappa shape index (κ2) is 6.09. The summed E-state index contributed by atoms with van der Waals surface area (Å²) in [4.78, 5) is 0. The lowest BCUT2D eigenvalue weighted by Gasteiger charge is -2.22. The number of aryl methyl sites for hydroxylation is 2. The quantitative estimate of drug-likeness (QED) is 0.466. The van der Waals surface area contributed by atoms with Gasteiger partial charge in [0, 0.05) is 5.41 Å². The number of ether oxygens (including phenoxy) is 1. The molecule has 0 amide bonds. The van der Waals surface area contributed by atoms with E-state index in [9.17, 15) is 0 Å². The molecule has 0 aliphatic carbocycles. The lowest BCUT2D eigenvalue weighted by molar-refractivity contribution is 0.285. The zero-order chi connectivity index (χ0) is 14.6. The molecule has 19 heavy (non-hydrogen) atoms. The first-order valence-electron chi connectivity index (χ1n) is 6.79. The second-order valence-corrected chi connectivity index (χ2v) is 5.95. The third kappa shape index (κ3) is 4.27. The predicted octanol–water partition coefficient (Wildman–Crippen LogP) is 3.73. The van der Waals surface area contributed by atoms with Crippen LogP contribution in [0.15, 0.2) is 12.1 Å². The van der Waals surface area contributed by atoms with Crippen LogP contribution in [-0.2, 0) is 0 Å². The van der Waals surface area contributed by atoms with Crippen LogP contribution in [0, 0.1) is 31.6 Å². The molecule has 0 spiro atoms. The summed E-state index contributed by atoms with van der Waals surface area (Å²) in [5.41, 5.74) is 9.03. The van der Waals surface area contributed by atoms with Crippen LogP contribution in [-0.4, -0.2) is 12.4 Å². The highest BCUT2D eigenvalue weighted by Gasteiger charge is 2.20. The first kappa shape index (κ1) is 15.5. The van der Waals surface area contributed by atoms with Gasteiger partial charge in [0.1, 0.15) is 5.75 Å². The van der Waals surface area contributed by atoms with Crippen molar-refractivity contribution in [2.24, 2.45) is 11.1 Å². The smallest absolute Gasteiger partial charge is 0.122 e. The molecule has 0 heterocycles.